The van der Waals surface area contributed by atoms with Crippen LogP contribution in [0.25, 0.3) is 0 Å². The average molecular weight is 193 g/mol. The first-order chi connectivity index (χ1) is 5.24. The van der Waals surface area contributed by atoms with Gasteiger partial charge in [0.05, 0.1) is 5.92 Å². The molecule has 1 aliphatic heterocycles. The molecule has 0 bridgehead atoms. The minimum Gasteiger partial charge on any atom is -0.353 e. The van der Waals surface area contributed by atoms with Crippen molar-refractivity contribution in [2.75, 3.05) is 13.1 Å². The summed E-state index contributed by atoms with van der Waals surface area (Å²) in [7, 11) is 0. The van der Waals surface area contributed by atoms with Crippen LogP contribution in [0.3, 0.4) is 0 Å². The highest BCUT2D eigenvalue weighted by Crippen LogP contribution is 2.03. The highest BCUT2D eigenvalue weighted by Gasteiger charge is 2.24. The predicted octanol–water partition coefficient (Wildman–Crippen LogP) is 0.542. The highest BCUT2D eigenvalue weighted by molar-refractivity contribution is 5.85. The molecule has 1 fully saturated rings. The molecule has 1 rings (SSSR count). The first-order valence-electron chi connectivity index (χ1n) is 4.25. The van der Waals surface area contributed by atoms with Gasteiger partial charge in [0.15, 0.2) is 0 Å². The second-order valence-electron chi connectivity index (χ2n) is 3.17. The maximum atomic E-state index is 11.2. The average Bonchev–Trinajstić information content (AvgIpc) is 1.83. The molecule has 1 aliphatic rings. The lowest BCUT2D eigenvalue weighted by Crippen LogP contribution is -2.52. The van der Waals surface area contributed by atoms with Crippen molar-refractivity contribution in [1.82, 2.24) is 10.6 Å². The number of hydrogen-bond acceptors (Lipinski definition) is 2. The van der Waals surface area contributed by atoms with E-state index in [0.717, 1.165) is 19.5 Å². The van der Waals surface area contributed by atoms with Crippen LogP contribution in [-0.2, 0) is 4.79 Å². The molecule has 1 amide bonds. The van der Waals surface area contributed by atoms with Gasteiger partial charge in [0.25, 0.3) is 0 Å². The molecule has 1 heterocycles. The highest BCUT2D eigenvalue weighted by atomic mass is 35.5. The van der Waals surface area contributed by atoms with E-state index >= 15 is 0 Å². The zero-order valence-electron chi connectivity index (χ0n) is 7.59. The molecule has 0 spiro atoms. The molecule has 0 aromatic heterocycles. The third-order valence-electron chi connectivity index (χ3n) is 2.15. The Morgan fingerprint density at radius 1 is 1.67 bits per heavy atom. The quantitative estimate of drug-likeness (QED) is 0.686. The lowest BCUT2D eigenvalue weighted by Gasteiger charge is -2.27. The second-order valence-corrected chi connectivity index (χ2v) is 3.17. The predicted molar refractivity (Wildman–Crippen MR) is 51.5 cm³/mol. The van der Waals surface area contributed by atoms with Crippen LogP contribution in [0.1, 0.15) is 20.3 Å². The van der Waals surface area contributed by atoms with Crippen LogP contribution in [0.4, 0.5) is 0 Å². The molecule has 0 aromatic carbocycles. The molecular formula is C8H17ClN2O. The van der Waals surface area contributed by atoms with Gasteiger partial charge in [-0.15, -0.1) is 12.4 Å². The van der Waals surface area contributed by atoms with Crippen LogP contribution in [0, 0.1) is 5.92 Å². The standard InChI is InChI=1S/C8H16N2O.ClH/c1-3-6(2)10-8(11)7-4-9-5-7;/h6-7,9H,3-5H2,1-2H3,(H,10,11);1H. The summed E-state index contributed by atoms with van der Waals surface area (Å²) in [5.74, 6) is 0.433. The van der Waals surface area contributed by atoms with Gasteiger partial charge in [-0.3, -0.25) is 4.79 Å². The summed E-state index contributed by atoms with van der Waals surface area (Å²) < 4.78 is 0. The van der Waals surface area contributed by atoms with Gasteiger partial charge in [-0.2, -0.15) is 0 Å². The number of nitrogens with one attached hydrogen (secondary N) is 2. The molecule has 0 saturated carbocycles. The Balaban J connectivity index is 0.00000121. The minimum absolute atomic E-state index is 0. The monoisotopic (exact) mass is 192 g/mol. The van der Waals surface area contributed by atoms with E-state index in [1.807, 2.05) is 6.92 Å². The molecule has 0 aliphatic carbocycles. The van der Waals surface area contributed by atoms with Gasteiger partial charge < -0.3 is 10.6 Å². The maximum absolute atomic E-state index is 11.2. The first kappa shape index (κ1) is 11.7. The number of carbonyl (C=O) groups excluding carboxylic acids is 1. The van der Waals surface area contributed by atoms with Crippen LogP contribution in [0.2, 0.25) is 0 Å². The maximum Gasteiger partial charge on any atom is 0.225 e. The largest absolute Gasteiger partial charge is 0.353 e. The van der Waals surface area contributed by atoms with Crippen LogP contribution < -0.4 is 10.6 Å². The summed E-state index contributed by atoms with van der Waals surface area (Å²) in [6.07, 6.45) is 1.01. The Hall–Kier alpha value is -0.280. The van der Waals surface area contributed by atoms with Crippen molar-refractivity contribution in [3.8, 4) is 0 Å². The van der Waals surface area contributed by atoms with Crippen LogP contribution in [0.5, 0.6) is 0 Å². The number of hydrogen-bond donors (Lipinski definition) is 2. The van der Waals surface area contributed by atoms with Crippen molar-refractivity contribution in [3.63, 3.8) is 0 Å². The normalized spacial score (nSPS) is 18.8. The van der Waals surface area contributed by atoms with Gasteiger partial charge >= 0.3 is 0 Å². The Bertz CT molecular complexity index is 148. The van der Waals surface area contributed by atoms with E-state index < -0.39 is 0 Å². The molecule has 12 heavy (non-hydrogen) atoms. The van der Waals surface area contributed by atoms with Gasteiger partial charge in [0.2, 0.25) is 5.91 Å². The van der Waals surface area contributed by atoms with Crippen LogP contribution in [-0.4, -0.2) is 25.0 Å². The summed E-state index contributed by atoms with van der Waals surface area (Å²) in [6.45, 7) is 5.80. The van der Waals surface area contributed by atoms with Crippen LogP contribution in [0.15, 0.2) is 0 Å². The van der Waals surface area contributed by atoms with Crippen molar-refractivity contribution in [1.29, 1.82) is 0 Å². The van der Waals surface area contributed by atoms with Gasteiger partial charge in [0, 0.05) is 19.1 Å². The lowest BCUT2D eigenvalue weighted by molar-refractivity contribution is -0.127. The lowest BCUT2D eigenvalue weighted by atomic mass is 10.0. The fourth-order valence-electron chi connectivity index (χ4n) is 0.937. The van der Waals surface area contributed by atoms with Gasteiger partial charge in [-0.05, 0) is 13.3 Å². The number of amides is 1. The minimum atomic E-state index is 0. The van der Waals surface area contributed by atoms with Gasteiger partial charge in [0.1, 0.15) is 0 Å². The van der Waals surface area contributed by atoms with E-state index in [2.05, 4.69) is 17.6 Å². The van der Waals surface area contributed by atoms with Gasteiger partial charge in [-0.25, -0.2) is 0 Å². The van der Waals surface area contributed by atoms with Crippen molar-refractivity contribution < 1.29 is 4.79 Å². The third kappa shape index (κ3) is 2.99. The summed E-state index contributed by atoms with van der Waals surface area (Å²) in [5.41, 5.74) is 0. The number of rotatable bonds is 3. The number of carbonyl (C=O) groups is 1. The van der Waals surface area contributed by atoms with Crippen molar-refractivity contribution in [2.45, 2.75) is 26.3 Å². The number of halogens is 1. The Morgan fingerprint density at radius 2 is 2.25 bits per heavy atom. The van der Waals surface area contributed by atoms with E-state index in [9.17, 15) is 4.79 Å². The molecule has 1 saturated heterocycles. The molecule has 0 aromatic rings. The van der Waals surface area contributed by atoms with Crippen molar-refractivity contribution in [3.05, 3.63) is 0 Å². The molecule has 1 unspecified atom stereocenters. The topological polar surface area (TPSA) is 41.1 Å². The Kier molecular flexibility index (Phi) is 5.25. The summed E-state index contributed by atoms with van der Waals surface area (Å²) in [4.78, 5) is 11.2. The van der Waals surface area contributed by atoms with E-state index in [4.69, 9.17) is 0 Å². The van der Waals surface area contributed by atoms with E-state index in [1.54, 1.807) is 0 Å². The fourth-order valence-corrected chi connectivity index (χ4v) is 0.937. The molecule has 2 N–H and O–H groups in total. The molecular weight excluding hydrogens is 176 g/mol. The molecule has 3 nitrogen and oxygen atoms in total. The third-order valence-corrected chi connectivity index (χ3v) is 2.15. The Labute approximate surface area is 79.7 Å². The summed E-state index contributed by atoms with van der Waals surface area (Å²) >= 11 is 0. The van der Waals surface area contributed by atoms with E-state index in [1.165, 1.54) is 0 Å². The van der Waals surface area contributed by atoms with E-state index in [0.29, 0.717) is 6.04 Å². The summed E-state index contributed by atoms with van der Waals surface area (Å²) in [5, 5.41) is 6.03. The van der Waals surface area contributed by atoms with Crippen LogP contribution >= 0.6 is 12.4 Å². The fraction of sp³-hybridized carbons (Fsp3) is 0.875. The second kappa shape index (κ2) is 5.38. The SMILES string of the molecule is CCC(C)NC(=O)C1CNC1.Cl. The molecule has 4 heteroatoms. The first-order valence-corrected chi connectivity index (χ1v) is 4.25. The van der Waals surface area contributed by atoms with Crippen molar-refractivity contribution >= 4 is 18.3 Å². The molecule has 1 atom stereocenters. The van der Waals surface area contributed by atoms with E-state index in [-0.39, 0.29) is 24.2 Å². The smallest absolute Gasteiger partial charge is 0.225 e. The zero-order valence-corrected chi connectivity index (χ0v) is 8.41. The summed E-state index contributed by atoms with van der Waals surface area (Å²) in [6, 6.07) is 0.322. The van der Waals surface area contributed by atoms with Gasteiger partial charge in [-0.1, -0.05) is 6.92 Å². The Morgan fingerprint density at radius 3 is 2.58 bits per heavy atom. The molecule has 72 valence electrons. The zero-order chi connectivity index (χ0) is 8.27. The molecule has 0 radical (unpaired) electrons. The van der Waals surface area contributed by atoms with Crippen molar-refractivity contribution in [2.24, 2.45) is 5.92 Å².